The Balaban J connectivity index is 2.59. The highest BCUT2D eigenvalue weighted by atomic mass is 16.5. The lowest BCUT2D eigenvalue weighted by Crippen LogP contribution is -2.47. The first kappa shape index (κ1) is 12.0. The fraction of sp³-hybridized carbons (Fsp3) is 1.00. The zero-order valence-electron chi connectivity index (χ0n) is 9.49. The molecule has 3 atom stereocenters. The normalized spacial score (nSPS) is 30.6. The third-order valence-corrected chi connectivity index (χ3v) is 3.11. The SMILES string of the molecule is CC1CCC(C(CCO)C(C)(C)N)O1. The zero-order chi connectivity index (χ0) is 10.8. The molecule has 1 saturated heterocycles. The second-order valence-electron chi connectivity index (χ2n) is 5.00. The number of hydrogen-bond acceptors (Lipinski definition) is 3. The summed E-state index contributed by atoms with van der Waals surface area (Å²) in [7, 11) is 0. The first-order valence-corrected chi connectivity index (χ1v) is 5.50. The van der Waals surface area contributed by atoms with Gasteiger partial charge in [0.05, 0.1) is 12.2 Å². The third kappa shape index (κ3) is 2.94. The Hall–Kier alpha value is -0.120. The molecule has 0 bridgehead atoms. The molecular weight excluding hydrogens is 178 g/mol. The summed E-state index contributed by atoms with van der Waals surface area (Å²) in [5.74, 6) is 0.262. The quantitative estimate of drug-likeness (QED) is 0.720. The molecule has 1 aliphatic rings. The van der Waals surface area contributed by atoms with Crippen molar-refractivity contribution in [2.45, 2.75) is 57.8 Å². The molecule has 1 aliphatic heterocycles. The summed E-state index contributed by atoms with van der Waals surface area (Å²) in [6.45, 7) is 6.32. The zero-order valence-corrected chi connectivity index (χ0v) is 9.49. The van der Waals surface area contributed by atoms with Gasteiger partial charge in [-0.25, -0.2) is 0 Å². The number of nitrogens with two attached hydrogens (primary N) is 1. The number of aliphatic hydroxyl groups is 1. The van der Waals surface area contributed by atoms with Crippen molar-refractivity contribution in [2.75, 3.05) is 6.61 Å². The maximum Gasteiger partial charge on any atom is 0.0626 e. The molecule has 0 aromatic carbocycles. The molecule has 0 saturated carbocycles. The van der Waals surface area contributed by atoms with Gasteiger partial charge < -0.3 is 15.6 Å². The number of ether oxygens (including phenoxy) is 1. The van der Waals surface area contributed by atoms with Crippen LogP contribution in [0.4, 0.5) is 0 Å². The Bertz CT molecular complexity index is 177. The molecule has 3 heteroatoms. The van der Waals surface area contributed by atoms with E-state index in [-0.39, 0.29) is 24.2 Å². The van der Waals surface area contributed by atoms with Gasteiger partial charge in [-0.2, -0.15) is 0 Å². The van der Waals surface area contributed by atoms with Gasteiger partial charge >= 0.3 is 0 Å². The van der Waals surface area contributed by atoms with E-state index in [1.165, 1.54) is 0 Å². The molecule has 0 aliphatic carbocycles. The topological polar surface area (TPSA) is 55.5 Å². The molecular formula is C11H23NO2. The van der Waals surface area contributed by atoms with E-state index in [1.807, 2.05) is 13.8 Å². The third-order valence-electron chi connectivity index (χ3n) is 3.11. The summed E-state index contributed by atoms with van der Waals surface area (Å²) in [5.41, 5.74) is 5.83. The van der Waals surface area contributed by atoms with E-state index in [0.29, 0.717) is 6.10 Å². The predicted octanol–water partition coefficient (Wildman–Crippen LogP) is 1.29. The van der Waals surface area contributed by atoms with Crippen molar-refractivity contribution >= 4 is 0 Å². The van der Waals surface area contributed by atoms with Crippen LogP contribution in [0.1, 0.15) is 40.0 Å². The molecule has 0 aromatic rings. The smallest absolute Gasteiger partial charge is 0.0626 e. The summed E-state index contributed by atoms with van der Waals surface area (Å²) >= 11 is 0. The van der Waals surface area contributed by atoms with Gasteiger partial charge in [0, 0.05) is 18.1 Å². The van der Waals surface area contributed by atoms with Crippen LogP contribution in [0.15, 0.2) is 0 Å². The molecule has 1 fully saturated rings. The second-order valence-corrected chi connectivity index (χ2v) is 5.00. The van der Waals surface area contributed by atoms with Gasteiger partial charge in [-0.3, -0.25) is 0 Å². The Morgan fingerprint density at radius 3 is 2.50 bits per heavy atom. The van der Waals surface area contributed by atoms with Crippen LogP contribution in [0.25, 0.3) is 0 Å². The van der Waals surface area contributed by atoms with Gasteiger partial charge in [-0.15, -0.1) is 0 Å². The molecule has 1 heterocycles. The molecule has 0 spiro atoms. The van der Waals surface area contributed by atoms with E-state index >= 15 is 0 Å². The lowest BCUT2D eigenvalue weighted by Gasteiger charge is -2.34. The van der Waals surface area contributed by atoms with E-state index in [4.69, 9.17) is 15.6 Å². The number of aliphatic hydroxyl groups excluding tert-OH is 1. The molecule has 3 nitrogen and oxygen atoms in total. The van der Waals surface area contributed by atoms with E-state index in [1.54, 1.807) is 0 Å². The Kier molecular flexibility index (Phi) is 3.93. The minimum absolute atomic E-state index is 0.194. The van der Waals surface area contributed by atoms with Crippen LogP contribution in [0, 0.1) is 5.92 Å². The van der Waals surface area contributed by atoms with Crippen molar-refractivity contribution in [3.8, 4) is 0 Å². The number of rotatable bonds is 4. The highest BCUT2D eigenvalue weighted by molar-refractivity contribution is 4.90. The summed E-state index contributed by atoms with van der Waals surface area (Å²) in [5, 5.41) is 9.02. The maximum atomic E-state index is 9.02. The predicted molar refractivity (Wildman–Crippen MR) is 57.0 cm³/mol. The highest BCUT2D eigenvalue weighted by Gasteiger charge is 2.36. The van der Waals surface area contributed by atoms with Crippen LogP contribution in [0.5, 0.6) is 0 Å². The van der Waals surface area contributed by atoms with Crippen molar-refractivity contribution in [1.29, 1.82) is 0 Å². The minimum Gasteiger partial charge on any atom is -0.396 e. The minimum atomic E-state index is -0.266. The molecule has 3 unspecified atom stereocenters. The second kappa shape index (κ2) is 4.60. The molecule has 0 aromatic heterocycles. The fourth-order valence-electron chi connectivity index (χ4n) is 2.31. The van der Waals surface area contributed by atoms with Gasteiger partial charge in [0.15, 0.2) is 0 Å². The average molecular weight is 201 g/mol. The van der Waals surface area contributed by atoms with Crippen LogP contribution >= 0.6 is 0 Å². The van der Waals surface area contributed by atoms with Crippen LogP contribution in [-0.4, -0.2) is 29.5 Å². The maximum absolute atomic E-state index is 9.02. The Morgan fingerprint density at radius 2 is 2.14 bits per heavy atom. The van der Waals surface area contributed by atoms with Gasteiger partial charge in [0.1, 0.15) is 0 Å². The van der Waals surface area contributed by atoms with Crippen molar-refractivity contribution < 1.29 is 9.84 Å². The monoisotopic (exact) mass is 201 g/mol. The lowest BCUT2D eigenvalue weighted by molar-refractivity contribution is -0.00849. The molecule has 14 heavy (non-hydrogen) atoms. The van der Waals surface area contributed by atoms with Crippen LogP contribution in [0.3, 0.4) is 0 Å². The Morgan fingerprint density at radius 1 is 1.50 bits per heavy atom. The van der Waals surface area contributed by atoms with E-state index < -0.39 is 0 Å². The molecule has 3 N–H and O–H groups in total. The van der Waals surface area contributed by atoms with E-state index in [2.05, 4.69) is 6.92 Å². The standard InChI is InChI=1S/C11H23NO2/c1-8-4-5-10(14-8)9(6-7-13)11(2,3)12/h8-10,13H,4-7,12H2,1-3H3. The first-order valence-electron chi connectivity index (χ1n) is 5.50. The van der Waals surface area contributed by atoms with Crippen LogP contribution in [0.2, 0.25) is 0 Å². The molecule has 1 rings (SSSR count). The van der Waals surface area contributed by atoms with E-state index in [0.717, 1.165) is 19.3 Å². The molecule has 0 amide bonds. The summed E-state index contributed by atoms with van der Waals surface area (Å²) < 4.78 is 5.81. The summed E-state index contributed by atoms with van der Waals surface area (Å²) in [6.07, 6.45) is 3.51. The lowest BCUT2D eigenvalue weighted by atomic mass is 9.81. The Labute approximate surface area is 86.6 Å². The van der Waals surface area contributed by atoms with Crippen molar-refractivity contribution in [1.82, 2.24) is 0 Å². The average Bonchev–Trinajstić information content (AvgIpc) is 2.45. The van der Waals surface area contributed by atoms with Crippen molar-refractivity contribution in [3.05, 3.63) is 0 Å². The fourth-order valence-corrected chi connectivity index (χ4v) is 2.31. The summed E-state index contributed by atoms with van der Waals surface area (Å²) in [6, 6.07) is 0. The highest BCUT2D eigenvalue weighted by Crippen LogP contribution is 2.32. The van der Waals surface area contributed by atoms with Crippen molar-refractivity contribution in [3.63, 3.8) is 0 Å². The van der Waals surface area contributed by atoms with Gasteiger partial charge in [0.2, 0.25) is 0 Å². The summed E-state index contributed by atoms with van der Waals surface area (Å²) in [4.78, 5) is 0. The molecule has 84 valence electrons. The number of hydrogen-bond donors (Lipinski definition) is 2. The van der Waals surface area contributed by atoms with Gasteiger partial charge in [0.25, 0.3) is 0 Å². The molecule has 0 radical (unpaired) electrons. The van der Waals surface area contributed by atoms with Gasteiger partial charge in [-0.05, 0) is 40.0 Å². The largest absolute Gasteiger partial charge is 0.396 e. The van der Waals surface area contributed by atoms with Crippen molar-refractivity contribution in [2.24, 2.45) is 11.7 Å². The first-order chi connectivity index (χ1) is 6.45. The van der Waals surface area contributed by atoms with Crippen LogP contribution in [-0.2, 0) is 4.74 Å². The van der Waals surface area contributed by atoms with Crippen LogP contribution < -0.4 is 5.73 Å². The van der Waals surface area contributed by atoms with Gasteiger partial charge in [-0.1, -0.05) is 0 Å². The van der Waals surface area contributed by atoms with E-state index in [9.17, 15) is 0 Å².